The number of nitrogens with one attached hydrogen (secondary N) is 1. The van der Waals surface area contributed by atoms with Crippen LogP contribution in [0.1, 0.15) is 22.1 Å². The van der Waals surface area contributed by atoms with Crippen molar-refractivity contribution >= 4 is 23.7 Å². The zero-order chi connectivity index (χ0) is 23.5. The third kappa shape index (κ3) is 4.76. The van der Waals surface area contributed by atoms with Crippen LogP contribution in [0.2, 0.25) is 0 Å². The number of hydrogen-bond acceptors (Lipinski definition) is 11. The van der Waals surface area contributed by atoms with Crippen molar-refractivity contribution in [3.8, 4) is 0 Å². The van der Waals surface area contributed by atoms with Gasteiger partial charge in [0.15, 0.2) is 24.3 Å². The van der Waals surface area contributed by atoms with Gasteiger partial charge in [-0.05, 0) is 25.1 Å². The molecule has 2 aliphatic heterocycles. The van der Waals surface area contributed by atoms with Gasteiger partial charge in [-0.2, -0.15) is 4.98 Å². The van der Waals surface area contributed by atoms with Crippen LogP contribution < -0.4 is 11.2 Å². The molecule has 172 valence electrons. The highest BCUT2D eigenvalue weighted by molar-refractivity contribution is 5.92. The summed E-state index contributed by atoms with van der Waals surface area (Å²) in [5, 5.41) is 8.94. The maximum absolute atomic E-state index is 12.4. The van der Waals surface area contributed by atoms with Gasteiger partial charge >= 0.3 is 23.6 Å². The molecule has 1 aromatic heterocycles. The van der Waals surface area contributed by atoms with E-state index in [2.05, 4.69) is 4.98 Å². The summed E-state index contributed by atoms with van der Waals surface area (Å²) < 4.78 is 22.9. The molecule has 4 rings (SSSR count). The minimum Gasteiger partial charge on any atom is -0.459 e. The Balaban J connectivity index is 1.60. The molecule has 0 amide bonds. The van der Waals surface area contributed by atoms with E-state index in [-0.39, 0.29) is 12.4 Å². The highest BCUT2D eigenvalue weighted by atomic mass is 16.7. The number of benzene rings is 1. The predicted octanol–water partition coefficient (Wildman–Crippen LogP) is 0.501. The Bertz CT molecular complexity index is 1160. The zero-order valence-electron chi connectivity index (χ0n) is 17.2. The molecule has 0 spiro atoms. The summed E-state index contributed by atoms with van der Waals surface area (Å²) in [5.41, 5.74) is 2.18. The molecule has 3 heterocycles. The number of anilines is 1. The molecule has 12 heteroatoms. The third-order valence-corrected chi connectivity index (χ3v) is 5.03. The van der Waals surface area contributed by atoms with Crippen LogP contribution in [0.25, 0.3) is 0 Å². The van der Waals surface area contributed by atoms with Crippen LogP contribution in [0.15, 0.2) is 53.5 Å². The Kier molecular flexibility index (Phi) is 6.20. The van der Waals surface area contributed by atoms with Crippen LogP contribution >= 0.6 is 0 Å². The van der Waals surface area contributed by atoms with E-state index in [1.165, 1.54) is 12.3 Å². The maximum atomic E-state index is 12.4. The van der Waals surface area contributed by atoms with E-state index in [0.717, 1.165) is 22.3 Å². The molecule has 2 N–H and O–H groups in total. The first-order valence-electron chi connectivity index (χ1n) is 9.83. The second kappa shape index (κ2) is 9.22. The minimum absolute atomic E-state index is 0.113. The standard InChI is InChI=1S/C21H19N3O9/c1-11-2-4-12(5-3-11)20(27)30-10-13-17-18(33-16(26)7-6-15(25)32-17)19(31-13)24-9-8-14(23-29)22-21(24)28/h2-9,13,17-19,29H,10H2,1H3,(H,22,23,28)/b7-6-/t13-,17?,18-,19-/m1/s1. The van der Waals surface area contributed by atoms with Crippen molar-refractivity contribution in [1.82, 2.24) is 9.55 Å². The van der Waals surface area contributed by atoms with Crippen molar-refractivity contribution in [3.63, 3.8) is 0 Å². The normalized spacial score (nSPS) is 25.2. The second-order valence-corrected chi connectivity index (χ2v) is 7.28. The Labute approximate surface area is 186 Å². The van der Waals surface area contributed by atoms with Gasteiger partial charge in [-0.25, -0.2) is 19.2 Å². The van der Waals surface area contributed by atoms with Crippen LogP contribution in [0.4, 0.5) is 5.82 Å². The van der Waals surface area contributed by atoms with Gasteiger partial charge in [0.2, 0.25) is 0 Å². The van der Waals surface area contributed by atoms with Crippen molar-refractivity contribution in [1.29, 1.82) is 0 Å². The highest BCUT2D eigenvalue weighted by Gasteiger charge is 2.51. The van der Waals surface area contributed by atoms with Crippen molar-refractivity contribution < 1.29 is 38.5 Å². The first-order valence-corrected chi connectivity index (χ1v) is 9.83. The van der Waals surface area contributed by atoms with Gasteiger partial charge in [0.1, 0.15) is 12.7 Å². The summed E-state index contributed by atoms with van der Waals surface area (Å²) in [5.74, 6) is -2.42. The number of hydrogen-bond donors (Lipinski definition) is 2. The monoisotopic (exact) mass is 457 g/mol. The van der Waals surface area contributed by atoms with Crippen molar-refractivity contribution in [2.24, 2.45) is 0 Å². The quantitative estimate of drug-likeness (QED) is 0.366. The van der Waals surface area contributed by atoms with E-state index >= 15 is 0 Å². The second-order valence-electron chi connectivity index (χ2n) is 7.28. The molecule has 2 aliphatic rings. The van der Waals surface area contributed by atoms with E-state index < -0.39 is 48.1 Å². The molecule has 12 nitrogen and oxygen atoms in total. The number of carbonyl (C=O) groups excluding carboxylic acids is 3. The van der Waals surface area contributed by atoms with Crippen LogP contribution in [-0.2, 0) is 28.5 Å². The first kappa shape index (κ1) is 22.2. The summed E-state index contributed by atoms with van der Waals surface area (Å²) >= 11 is 0. The molecule has 4 atom stereocenters. The highest BCUT2D eigenvalue weighted by Crippen LogP contribution is 2.34. The van der Waals surface area contributed by atoms with Gasteiger partial charge < -0.3 is 18.9 Å². The fourth-order valence-electron chi connectivity index (χ4n) is 3.42. The molecule has 0 saturated carbocycles. The number of ether oxygens (including phenoxy) is 4. The SMILES string of the molecule is Cc1ccc(C(=O)OC[C@H]2O[C@@H](n3ccc(NO)nc3=O)[C@@H]3OC(=O)/C=C\C(=O)OC32)cc1. The molecule has 33 heavy (non-hydrogen) atoms. The Morgan fingerprint density at radius 2 is 1.76 bits per heavy atom. The molecular weight excluding hydrogens is 438 g/mol. The molecule has 0 bridgehead atoms. The van der Waals surface area contributed by atoms with E-state index in [4.69, 9.17) is 24.2 Å². The fourth-order valence-corrected chi connectivity index (χ4v) is 3.42. The Morgan fingerprint density at radius 3 is 2.39 bits per heavy atom. The minimum atomic E-state index is -1.24. The van der Waals surface area contributed by atoms with Gasteiger partial charge in [-0.1, -0.05) is 17.7 Å². The largest absolute Gasteiger partial charge is 0.459 e. The first-order chi connectivity index (χ1) is 15.9. The lowest BCUT2D eigenvalue weighted by Crippen LogP contribution is -2.43. The van der Waals surface area contributed by atoms with E-state index in [9.17, 15) is 19.2 Å². The van der Waals surface area contributed by atoms with Gasteiger partial charge in [0, 0.05) is 18.3 Å². The van der Waals surface area contributed by atoms with Crippen LogP contribution in [-0.4, -0.2) is 57.6 Å². The van der Waals surface area contributed by atoms with E-state index in [1.54, 1.807) is 29.7 Å². The molecule has 1 saturated heterocycles. The van der Waals surface area contributed by atoms with E-state index in [1.807, 2.05) is 6.92 Å². The molecular formula is C21H19N3O9. The predicted molar refractivity (Wildman–Crippen MR) is 108 cm³/mol. The average molecular weight is 457 g/mol. The van der Waals surface area contributed by atoms with Crippen LogP contribution in [0.5, 0.6) is 0 Å². The number of fused-ring (bicyclic) bond motifs is 1. The summed E-state index contributed by atoms with van der Waals surface area (Å²) in [7, 11) is 0. The molecule has 0 aliphatic carbocycles. The summed E-state index contributed by atoms with van der Waals surface area (Å²) in [6, 6.07) is 7.98. The fraction of sp³-hybridized carbons (Fsp3) is 0.286. The lowest BCUT2D eigenvalue weighted by atomic mass is 10.1. The number of esters is 3. The van der Waals surface area contributed by atoms with Crippen LogP contribution in [0, 0.1) is 6.92 Å². The Morgan fingerprint density at radius 1 is 1.09 bits per heavy atom. The summed E-state index contributed by atoms with van der Waals surface area (Å²) in [4.78, 5) is 52.6. The van der Waals surface area contributed by atoms with Gasteiger partial charge in [0.05, 0.1) is 5.56 Å². The molecule has 0 radical (unpaired) electrons. The number of aromatic nitrogens is 2. The van der Waals surface area contributed by atoms with Crippen molar-refractivity contribution in [3.05, 3.63) is 70.3 Å². The number of carbonyl (C=O) groups is 3. The van der Waals surface area contributed by atoms with Gasteiger partial charge in [-0.3, -0.25) is 15.3 Å². The van der Waals surface area contributed by atoms with Gasteiger partial charge in [0.25, 0.3) is 0 Å². The topological polar surface area (TPSA) is 155 Å². The lowest BCUT2D eigenvalue weighted by Gasteiger charge is -2.25. The lowest BCUT2D eigenvalue weighted by molar-refractivity contribution is -0.164. The maximum Gasteiger partial charge on any atom is 0.351 e. The van der Waals surface area contributed by atoms with Crippen LogP contribution in [0.3, 0.4) is 0 Å². The molecule has 1 fully saturated rings. The average Bonchev–Trinajstić information content (AvgIpc) is 3.11. The summed E-state index contributed by atoms with van der Waals surface area (Å²) in [6.45, 7) is 1.53. The number of aryl methyl sites for hydroxylation is 1. The molecule has 2 aromatic rings. The van der Waals surface area contributed by atoms with Crippen molar-refractivity contribution in [2.45, 2.75) is 31.5 Å². The Hall–Kier alpha value is -4.03. The number of nitrogens with zero attached hydrogens (tertiary/aromatic N) is 2. The number of rotatable bonds is 5. The smallest absolute Gasteiger partial charge is 0.351 e. The van der Waals surface area contributed by atoms with Crippen molar-refractivity contribution in [2.75, 3.05) is 12.1 Å². The zero-order valence-corrected chi connectivity index (χ0v) is 17.2. The van der Waals surface area contributed by atoms with Gasteiger partial charge in [-0.15, -0.1) is 0 Å². The molecule has 1 aromatic carbocycles. The third-order valence-electron chi connectivity index (χ3n) is 5.03. The summed E-state index contributed by atoms with van der Waals surface area (Å²) in [6.07, 6.45) is -1.67. The van der Waals surface area contributed by atoms with E-state index in [0.29, 0.717) is 5.56 Å². The molecule has 1 unspecified atom stereocenters.